The zero-order valence-electron chi connectivity index (χ0n) is 7.98. The second-order valence-corrected chi connectivity index (χ2v) is 3.14. The summed E-state index contributed by atoms with van der Waals surface area (Å²) in [6.45, 7) is 0. The van der Waals surface area contributed by atoms with Crippen LogP contribution in [-0.4, -0.2) is 16.2 Å². The predicted molar refractivity (Wildman–Crippen MR) is 50.5 cm³/mol. The van der Waals surface area contributed by atoms with Gasteiger partial charge in [0.1, 0.15) is 5.82 Å². The van der Waals surface area contributed by atoms with Gasteiger partial charge in [0.15, 0.2) is 0 Å². The molecule has 1 amide bonds. The van der Waals surface area contributed by atoms with Crippen LogP contribution < -0.4 is 5.48 Å². The molecule has 0 fully saturated rings. The lowest BCUT2D eigenvalue weighted by molar-refractivity contribution is -0.129. The first-order valence-electron chi connectivity index (χ1n) is 4.50. The fourth-order valence-electron chi connectivity index (χ4n) is 1.18. The number of rotatable bonds is 4. The Kier molecular flexibility index (Phi) is 4.20. The Balaban J connectivity index is 2.50. The zero-order valence-corrected chi connectivity index (χ0v) is 7.98. The average Bonchev–Trinajstić information content (AvgIpc) is 2.26. The highest BCUT2D eigenvalue weighted by atomic mass is 19.1. The number of hydrogen-bond acceptors (Lipinski definition) is 3. The Morgan fingerprint density at radius 2 is 2.00 bits per heavy atom. The van der Waals surface area contributed by atoms with Gasteiger partial charge >= 0.3 is 0 Å². The normalized spacial score (nSPS) is 12.2. The van der Waals surface area contributed by atoms with Gasteiger partial charge in [-0.05, 0) is 24.1 Å². The van der Waals surface area contributed by atoms with E-state index in [0.717, 1.165) is 0 Å². The molecule has 0 spiro atoms. The second-order valence-electron chi connectivity index (χ2n) is 3.14. The first kappa shape index (κ1) is 11.6. The maximum absolute atomic E-state index is 12.5. The first-order chi connectivity index (χ1) is 7.13. The molecule has 1 rings (SSSR count). The molecular weight excluding hydrogens is 201 g/mol. The standard InChI is InChI=1S/C10H12FNO3/c11-8-3-1-7(2-4-8)9(13)5-6-10(14)12-15/h1-4,9,13,15H,5-6H2,(H,12,14). The molecule has 15 heavy (non-hydrogen) atoms. The number of carbonyl (C=O) groups is 1. The lowest BCUT2D eigenvalue weighted by Crippen LogP contribution is -2.18. The summed E-state index contributed by atoms with van der Waals surface area (Å²) in [4.78, 5) is 10.7. The van der Waals surface area contributed by atoms with Gasteiger partial charge in [0.05, 0.1) is 6.10 Å². The predicted octanol–water partition coefficient (Wildman–Crippen LogP) is 1.14. The van der Waals surface area contributed by atoms with E-state index < -0.39 is 12.0 Å². The fourth-order valence-corrected chi connectivity index (χ4v) is 1.18. The molecule has 82 valence electrons. The number of benzene rings is 1. The second kappa shape index (κ2) is 5.43. The summed E-state index contributed by atoms with van der Waals surface area (Å²) >= 11 is 0. The third-order valence-corrected chi connectivity index (χ3v) is 2.02. The summed E-state index contributed by atoms with van der Waals surface area (Å²) in [7, 11) is 0. The zero-order chi connectivity index (χ0) is 11.3. The van der Waals surface area contributed by atoms with Crippen molar-refractivity contribution in [2.75, 3.05) is 0 Å². The van der Waals surface area contributed by atoms with Gasteiger partial charge in [-0.1, -0.05) is 12.1 Å². The molecule has 4 nitrogen and oxygen atoms in total. The number of hydroxylamine groups is 1. The molecule has 1 aromatic carbocycles. The van der Waals surface area contributed by atoms with Crippen molar-refractivity contribution >= 4 is 5.91 Å². The van der Waals surface area contributed by atoms with Gasteiger partial charge in [0.25, 0.3) is 0 Å². The highest BCUT2D eigenvalue weighted by molar-refractivity contribution is 5.74. The van der Waals surface area contributed by atoms with Crippen molar-refractivity contribution in [2.24, 2.45) is 0 Å². The van der Waals surface area contributed by atoms with Gasteiger partial charge in [-0.2, -0.15) is 0 Å². The van der Waals surface area contributed by atoms with Crippen LogP contribution in [0.1, 0.15) is 24.5 Å². The highest BCUT2D eigenvalue weighted by Gasteiger charge is 2.09. The summed E-state index contributed by atoms with van der Waals surface area (Å²) < 4.78 is 12.5. The van der Waals surface area contributed by atoms with Crippen molar-refractivity contribution in [3.05, 3.63) is 35.6 Å². The van der Waals surface area contributed by atoms with E-state index in [1.54, 1.807) is 0 Å². The smallest absolute Gasteiger partial charge is 0.243 e. The average molecular weight is 213 g/mol. The van der Waals surface area contributed by atoms with Crippen LogP contribution in [-0.2, 0) is 4.79 Å². The van der Waals surface area contributed by atoms with E-state index in [1.807, 2.05) is 0 Å². The largest absolute Gasteiger partial charge is 0.388 e. The molecule has 0 saturated carbocycles. The molecule has 0 bridgehead atoms. The molecule has 0 aliphatic rings. The van der Waals surface area contributed by atoms with Crippen molar-refractivity contribution in [2.45, 2.75) is 18.9 Å². The van der Waals surface area contributed by atoms with Crippen molar-refractivity contribution in [3.8, 4) is 0 Å². The van der Waals surface area contributed by atoms with E-state index >= 15 is 0 Å². The molecule has 1 aromatic rings. The van der Waals surface area contributed by atoms with E-state index in [2.05, 4.69) is 0 Å². The summed E-state index contributed by atoms with van der Waals surface area (Å²) in [5.41, 5.74) is 2.01. The highest BCUT2D eigenvalue weighted by Crippen LogP contribution is 2.18. The quantitative estimate of drug-likeness (QED) is 0.519. The third kappa shape index (κ3) is 3.65. The molecular formula is C10H12FNO3. The molecule has 0 aromatic heterocycles. The number of aliphatic hydroxyl groups excluding tert-OH is 1. The molecule has 0 heterocycles. The summed E-state index contributed by atoms with van der Waals surface area (Å²) in [6.07, 6.45) is -0.643. The van der Waals surface area contributed by atoms with E-state index in [0.29, 0.717) is 5.56 Å². The SMILES string of the molecule is O=C(CCC(O)c1ccc(F)cc1)NO. The molecule has 0 radical (unpaired) electrons. The number of carbonyl (C=O) groups excluding carboxylic acids is 1. The Labute approximate surface area is 86.3 Å². The fraction of sp³-hybridized carbons (Fsp3) is 0.300. The van der Waals surface area contributed by atoms with Crippen molar-refractivity contribution in [1.82, 2.24) is 5.48 Å². The molecule has 1 atom stereocenters. The van der Waals surface area contributed by atoms with Crippen LogP contribution >= 0.6 is 0 Å². The van der Waals surface area contributed by atoms with Gasteiger partial charge in [-0.15, -0.1) is 0 Å². The van der Waals surface area contributed by atoms with E-state index in [1.165, 1.54) is 29.7 Å². The Hall–Kier alpha value is -1.46. The van der Waals surface area contributed by atoms with E-state index in [9.17, 15) is 14.3 Å². The number of amides is 1. The molecule has 3 N–H and O–H groups in total. The minimum absolute atomic E-state index is 0.00897. The van der Waals surface area contributed by atoms with Crippen LogP contribution in [0.3, 0.4) is 0 Å². The summed E-state index contributed by atoms with van der Waals surface area (Å²) in [5.74, 6) is -0.935. The minimum atomic E-state index is -0.831. The Morgan fingerprint density at radius 3 is 2.53 bits per heavy atom. The van der Waals surface area contributed by atoms with Crippen molar-refractivity contribution < 1.29 is 19.5 Å². The number of hydrogen-bond donors (Lipinski definition) is 3. The van der Waals surface area contributed by atoms with Crippen LogP contribution in [0, 0.1) is 5.82 Å². The monoisotopic (exact) mass is 213 g/mol. The molecule has 0 aliphatic heterocycles. The topological polar surface area (TPSA) is 69.6 Å². The molecule has 5 heteroatoms. The summed E-state index contributed by atoms with van der Waals surface area (Å²) in [6, 6.07) is 5.39. The molecule has 1 unspecified atom stereocenters. The van der Waals surface area contributed by atoms with Gasteiger partial charge < -0.3 is 5.11 Å². The molecule has 0 saturated heterocycles. The number of halogens is 1. The first-order valence-corrected chi connectivity index (χ1v) is 4.50. The van der Waals surface area contributed by atoms with Gasteiger partial charge in [-0.3, -0.25) is 10.0 Å². The minimum Gasteiger partial charge on any atom is -0.388 e. The van der Waals surface area contributed by atoms with Crippen LogP contribution in [0.5, 0.6) is 0 Å². The third-order valence-electron chi connectivity index (χ3n) is 2.02. The summed E-state index contributed by atoms with van der Waals surface area (Å²) in [5, 5.41) is 17.8. The lowest BCUT2D eigenvalue weighted by Gasteiger charge is -2.09. The van der Waals surface area contributed by atoms with Gasteiger partial charge in [-0.25, -0.2) is 9.87 Å². The van der Waals surface area contributed by atoms with Crippen molar-refractivity contribution in [1.29, 1.82) is 0 Å². The van der Waals surface area contributed by atoms with Crippen LogP contribution in [0.4, 0.5) is 4.39 Å². The lowest BCUT2D eigenvalue weighted by atomic mass is 10.0. The molecule has 0 aliphatic carbocycles. The van der Waals surface area contributed by atoms with Gasteiger partial charge in [0.2, 0.25) is 5.91 Å². The maximum atomic E-state index is 12.5. The Bertz CT molecular complexity index is 326. The van der Waals surface area contributed by atoms with Crippen molar-refractivity contribution in [3.63, 3.8) is 0 Å². The van der Waals surface area contributed by atoms with Crippen LogP contribution in [0.2, 0.25) is 0 Å². The van der Waals surface area contributed by atoms with E-state index in [4.69, 9.17) is 5.21 Å². The van der Waals surface area contributed by atoms with Gasteiger partial charge in [0, 0.05) is 6.42 Å². The Morgan fingerprint density at radius 1 is 1.40 bits per heavy atom. The van der Waals surface area contributed by atoms with Crippen LogP contribution in [0.15, 0.2) is 24.3 Å². The number of nitrogens with one attached hydrogen (secondary N) is 1. The maximum Gasteiger partial charge on any atom is 0.243 e. The van der Waals surface area contributed by atoms with Crippen LogP contribution in [0.25, 0.3) is 0 Å². The van der Waals surface area contributed by atoms with E-state index in [-0.39, 0.29) is 18.7 Å². The number of aliphatic hydroxyl groups is 1.